The fraction of sp³-hybridized carbons (Fsp3) is 1.00. The van der Waals surface area contributed by atoms with E-state index in [0.29, 0.717) is 0 Å². The van der Waals surface area contributed by atoms with E-state index in [4.69, 9.17) is 0 Å². The van der Waals surface area contributed by atoms with Crippen molar-refractivity contribution in [2.24, 2.45) is 0 Å². The molecule has 1 aliphatic heterocycles. The van der Waals surface area contributed by atoms with Crippen LogP contribution in [-0.2, 0) is 10.0 Å². The van der Waals surface area contributed by atoms with Crippen LogP contribution in [0.3, 0.4) is 0 Å². The summed E-state index contributed by atoms with van der Waals surface area (Å²) in [6.45, 7) is 3.63. The maximum atomic E-state index is 11.2. The molecule has 0 spiro atoms. The van der Waals surface area contributed by atoms with Gasteiger partial charge in [0.25, 0.3) is 0 Å². The minimum Gasteiger partial charge on any atom is -0.306 e. The van der Waals surface area contributed by atoms with Crippen molar-refractivity contribution in [2.45, 2.75) is 25.8 Å². The van der Waals surface area contributed by atoms with Crippen molar-refractivity contribution in [3.05, 3.63) is 0 Å². The minimum atomic E-state index is -3.01. The topological polar surface area (TPSA) is 49.4 Å². The van der Waals surface area contributed by atoms with E-state index in [2.05, 4.69) is 16.7 Å². The molecule has 0 aromatic heterocycles. The zero-order valence-electron chi connectivity index (χ0n) is 8.28. The van der Waals surface area contributed by atoms with E-state index < -0.39 is 10.0 Å². The molecule has 1 saturated heterocycles. The lowest BCUT2D eigenvalue weighted by Gasteiger charge is -2.29. The van der Waals surface area contributed by atoms with Gasteiger partial charge in [-0.1, -0.05) is 0 Å². The van der Waals surface area contributed by atoms with E-state index in [0.717, 1.165) is 25.9 Å². The zero-order chi connectivity index (χ0) is 9.90. The van der Waals surface area contributed by atoms with E-state index >= 15 is 0 Å². The molecule has 0 bridgehead atoms. The maximum absolute atomic E-state index is 11.2. The lowest BCUT2D eigenvalue weighted by atomic mass is 10.1. The summed E-state index contributed by atoms with van der Waals surface area (Å²) in [6.07, 6.45) is 1.85. The van der Waals surface area contributed by atoms with Gasteiger partial charge >= 0.3 is 0 Å². The Morgan fingerprint density at radius 3 is 2.38 bits per heavy atom. The van der Waals surface area contributed by atoms with Gasteiger partial charge in [-0.05, 0) is 39.9 Å². The van der Waals surface area contributed by atoms with Gasteiger partial charge in [0.1, 0.15) is 0 Å². The predicted molar refractivity (Wildman–Crippen MR) is 53.1 cm³/mol. The van der Waals surface area contributed by atoms with Gasteiger partial charge in [0, 0.05) is 6.04 Å². The largest absolute Gasteiger partial charge is 0.306 e. The molecule has 1 fully saturated rings. The zero-order valence-corrected chi connectivity index (χ0v) is 9.10. The molecule has 1 N–H and O–H groups in total. The Labute approximate surface area is 80.4 Å². The number of nitrogens with zero attached hydrogens (tertiary/aromatic N) is 1. The summed E-state index contributed by atoms with van der Waals surface area (Å²) in [5, 5.41) is 0. The molecular formula is C8H18N2O2S. The first-order valence-corrected chi connectivity index (χ1v) is 6.37. The van der Waals surface area contributed by atoms with Crippen molar-refractivity contribution in [1.29, 1.82) is 0 Å². The highest BCUT2D eigenvalue weighted by Crippen LogP contribution is 2.09. The molecule has 5 heteroatoms. The lowest BCUT2D eigenvalue weighted by Crippen LogP contribution is -2.43. The Kier molecular flexibility index (Phi) is 3.70. The van der Waals surface area contributed by atoms with Gasteiger partial charge in [-0.3, -0.25) is 0 Å². The second-order valence-electron chi connectivity index (χ2n) is 3.60. The number of hydrogen-bond donors (Lipinski definition) is 1. The van der Waals surface area contributed by atoms with E-state index in [1.807, 2.05) is 0 Å². The molecular weight excluding hydrogens is 188 g/mol. The summed E-state index contributed by atoms with van der Waals surface area (Å²) in [5.41, 5.74) is 0. The minimum absolute atomic E-state index is 0.154. The van der Waals surface area contributed by atoms with Gasteiger partial charge < -0.3 is 4.90 Å². The molecule has 0 amide bonds. The van der Waals surface area contributed by atoms with Gasteiger partial charge in [-0.25, -0.2) is 13.1 Å². The first kappa shape index (κ1) is 10.9. The third kappa shape index (κ3) is 3.62. The van der Waals surface area contributed by atoms with Crippen LogP contribution in [0.1, 0.15) is 19.8 Å². The molecule has 78 valence electrons. The number of rotatable bonds is 3. The standard InChI is InChI=1S/C8H18N2O2S/c1-3-13(11,12)9-8-4-6-10(2)7-5-8/h8-9H,3-7H2,1-2H3. The molecule has 1 rings (SSSR count). The molecule has 0 unspecified atom stereocenters. The van der Waals surface area contributed by atoms with Crippen LogP contribution in [-0.4, -0.2) is 45.2 Å². The number of nitrogens with one attached hydrogen (secondary N) is 1. The summed E-state index contributed by atoms with van der Waals surface area (Å²) >= 11 is 0. The second-order valence-corrected chi connectivity index (χ2v) is 5.64. The van der Waals surface area contributed by atoms with E-state index in [1.165, 1.54) is 0 Å². The Morgan fingerprint density at radius 2 is 1.92 bits per heavy atom. The molecule has 0 aliphatic carbocycles. The predicted octanol–water partition coefficient (Wildman–Crippen LogP) is 0.0199. The van der Waals surface area contributed by atoms with Crippen LogP contribution in [0, 0.1) is 0 Å². The van der Waals surface area contributed by atoms with Crippen molar-refractivity contribution in [3.63, 3.8) is 0 Å². The summed E-state index contributed by atoms with van der Waals surface area (Å²) in [7, 11) is -0.945. The molecule has 4 nitrogen and oxygen atoms in total. The number of likely N-dealkylation sites (tertiary alicyclic amines) is 1. The average Bonchev–Trinajstić information content (AvgIpc) is 2.09. The van der Waals surface area contributed by atoms with Crippen molar-refractivity contribution >= 4 is 10.0 Å². The average molecular weight is 206 g/mol. The van der Waals surface area contributed by atoms with E-state index in [9.17, 15) is 8.42 Å². The highest BCUT2D eigenvalue weighted by molar-refractivity contribution is 7.89. The quantitative estimate of drug-likeness (QED) is 0.708. The Balaban J connectivity index is 2.39. The maximum Gasteiger partial charge on any atom is 0.211 e. The molecule has 0 atom stereocenters. The Morgan fingerprint density at radius 1 is 1.38 bits per heavy atom. The summed E-state index contributed by atoms with van der Waals surface area (Å²) in [6, 6.07) is 0.154. The number of piperidine rings is 1. The molecule has 1 heterocycles. The molecule has 1 aliphatic rings. The van der Waals surface area contributed by atoms with E-state index in [1.54, 1.807) is 6.92 Å². The van der Waals surface area contributed by atoms with Crippen molar-refractivity contribution in [1.82, 2.24) is 9.62 Å². The molecule has 0 aromatic carbocycles. The molecule has 0 aromatic rings. The van der Waals surface area contributed by atoms with Crippen LogP contribution >= 0.6 is 0 Å². The van der Waals surface area contributed by atoms with Crippen LogP contribution in [0.15, 0.2) is 0 Å². The number of sulfonamides is 1. The normalized spacial score (nSPS) is 22.0. The lowest BCUT2D eigenvalue weighted by molar-refractivity contribution is 0.248. The van der Waals surface area contributed by atoms with Crippen LogP contribution in [0.4, 0.5) is 0 Å². The highest BCUT2D eigenvalue weighted by atomic mass is 32.2. The number of hydrogen-bond acceptors (Lipinski definition) is 3. The molecule has 0 radical (unpaired) electrons. The highest BCUT2D eigenvalue weighted by Gasteiger charge is 2.20. The molecule has 13 heavy (non-hydrogen) atoms. The monoisotopic (exact) mass is 206 g/mol. The van der Waals surface area contributed by atoms with Gasteiger partial charge in [0.05, 0.1) is 5.75 Å². The molecule has 0 saturated carbocycles. The van der Waals surface area contributed by atoms with Crippen molar-refractivity contribution in [3.8, 4) is 0 Å². The van der Waals surface area contributed by atoms with Gasteiger partial charge in [-0.2, -0.15) is 0 Å². The van der Waals surface area contributed by atoms with E-state index in [-0.39, 0.29) is 11.8 Å². The summed E-state index contributed by atoms with van der Waals surface area (Å²) in [4.78, 5) is 2.22. The summed E-state index contributed by atoms with van der Waals surface area (Å²) < 4.78 is 25.2. The second kappa shape index (κ2) is 4.39. The third-order valence-electron chi connectivity index (χ3n) is 2.44. The van der Waals surface area contributed by atoms with Crippen LogP contribution in [0.2, 0.25) is 0 Å². The van der Waals surface area contributed by atoms with Crippen LogP contribution < -0.4 is 4.72 Å². The van der Waals surface area contributed by atoms with Crippen molar-refractivity contribution in [2.75, 3.05) is 25.9 Å². The first-order chi connectivity index (χ1) is 6.03. The fourth-order valence-electron chi connectivity index (χ4n) is 1.46. The van der Waals surface area contributed by atoms with Crippen LogP contribution in [0.25, 0.3) is 0 Å². The SMILES string of the molecule is CCS(=O)(=O)NC1CCN(C)CC1. The van der Waals surface area contributed by atoms with Crippen molar-refractivity contribution < 1.29 is 8.42 Å². The van der Waals surface area contributed by atoms with Gasteiger partial charge in [-0.15, -0.1) is 0 Å². The first-order valence-electron chi connectivity index (χ1n) is 4.72. The third-order valence-corrected chi connectivity index (χ3v) is 3.90. The summed E-state index contributed by atoms with van der Waals surface area (Å²) in [5.74, 6) is 0.180. The smallest absolute Gasteiger partial charge is 0.211 e. The fourth-order valence-corrected chi connectivity index (χ4v) is 2.37. The van der Waals surface area contributed by atoms with Gasteiger partial charge in [0.2, 0.25) is 10.0 Å². The van der Waals surface area contributed by atoms with Crippen LogP contribution in [0.5, 0.6) is 0 Å². The Bertz CT molecular complexity index is 243. The Hall–Kier alpha value is -0.130. The van der Waals surface area contributed by atoms with Gasteiger partial charge in [0.15, 0.2) is 0 Å².